The molecule has 1 amide bonds. The maximum atomic E-state index is 14.2. The fourth-order valence-corrected chi connectivity index (χ4v) is 3.66. The van der Waals surface area contributed by atoms with Gasteiger partial charge in [0.15, 0.2) is 0 Å². The van der Waals surface area contributed by atoms with Crippen LogP contribution in [0.4, 0.5) is 14.6 Å². The number of halogens is 2. The second-order valence-electron chi connectivity index (χ2n) is 7.90. The topological polar surface area (TPSA) is 95.6 Å². The van der Waals surface area contributed by atoms with Gasteiger partial charge < -0.3 is 10.6 Å². The van der Waals surface area contributed by atoms with Crippen LogP contribution in [0.25, 0.3) is 11.1 Å². The minimum Gasteiger partial charge on any atom is -0.309 e. The molecule has 35 heavy (non-hydrogen) atoms. The van der Waals surface area contributed by atoms with Gasteiger partial charge in [-0.15, -0.1) is 0 Å². The van der Waals surface area contributed by atoms with Crippen LogP contribution in [-0.2, 0) is 18.3 Å². The van der Waals surface area contributed by atoms with Gasteiger partial charge in [0, 0.05) is 42.7 Å². The summed E-state index contributed by atoms with van der Waals surface area (Å²) in [7, 11) is 1.83. The lowest BCUT2D eigenvalue weighted by Crippen LogP contribution is -2.34. The average molecular weight is 472 g/mol. The van der Waals surface area contributed by atoms with Gasteiger partial charge in [-0.2, -0.15) is 10.4 Å². The summed E-state index contributed by atoms with van der Waals surface area (Å²) in [6, 6.07) is 15.5. The lowest BCUT2D eigenvalue weighted by atomic mass is 10.0. The number of nitriles is 1. The molecule has 176 valence electrons. The first-order valence-electron chi connectivity index (χ1n) is 10.9. The second-order valence-corrected chi connectivity index (χ2v) is 7.90. The molecule has 0 unspecified atom stereocenters. The highest BCUT2D eigenvalue weighted by molar-refractivity contribution is 5.95. The van der Waals surface area contributed by atoms with Crippen LogP contribution in [0.15, 0.2) is 73.2 Å². The molecule has 2 aromatic carbocycles. The van der Waals surface area contributed by atoms with E-state index in [9.17, 15) is 13.6 Å². The SMILES string of the molecule is Cn1cc(-c2ccc(NC(=O)[C@H](NCCc3c(F)cc(C#N)cc3F)c3ccccc3)nc2)cn1. The van der Waals surface area contributed by atoms with Crippen LogP contribution in [0.3, 0.4) is 0 Å². The maximum absolute atomic E-state index is 14.2. The minimum atomic E-state index is -0.790. The third-order valence-electron chi connectivity index (χ3n) is 5.44. The second kappa shape index (κ2) is 10.7. The number of benzene rings is 2. The molecular formula is C26H22F2N6O. The summed E-state index contributed by atoms with van der Waals surface area (Å²) in [5, 5.41) is 18.9. The zero-order valence-corrected chi connectivity index (χ0v) is 18.9. The minimum absolute atomic E-state index is 0.00194. The molecule has 0 saturated carbocycles. The molecule has 2 heterocycles. The number of carbonyl (C=O) groups excluding carboxylic acids is 1. The molecule has 0 spiro atoms. The Morgan fingerprint density at radius 1 is 1.09 bits per heavy atom. The Labute approximate surface area is 201 Å². The van der Waals surface area contributed by atoms with Crippen LogP contribution < -0.4 is 10.6 Å². The molecule has 2 aromatic heterocycles. The number of aromatic nitrogens is 3. The predicted octanol–water partition coefficient (Wildman–Crippen LogP) is 4.14. The highest BCUT2D eigenvalue weighted by Gasteiger charge is 2.21. The zero-order chi connectivity index (χ0) is 24.8. The van der Waals surface area contributed by atoms with Gasteiger partial charge >= 0.3 is 0 Å². The van der Waals surface area contributed by atoms with Crippen molar-refractivity contribution in [3.8, 4) is 17.2 Å². The van der Waals surface area contributed by atoms with Gasteiger partial charge in [-0.1, -0.05) is 30.3 Å². The lowest BCUT2D eigenvalue weighted by molar-refractivity contribution is -0.118. The van der Waals surface area contributed by atoms with Crippen LogP contribution in [0.5, 0.6) is 0 Å². The predicted molar refractivity (Wildman–Crippen MR) is 127 cm³/mol. The van der Waals surface area contributed by atoms with Crippen molar-refractivity contribution < 1.29 is 13.6 Å². The van der Waals surface area contributed by atoms with Crippen molar-refractivity contribution in [1.29, 1.82) is 5.26 Å². The standard InChI is InChI=1S/C26H22F2N6O/c1-34-16-20(15-32-34)19-7-8-24(31-14-19)33-26(35)25(18-5-3-2-4-6-18)30-10-9-21-22(27)11-17(13-29)12-23(21)28/h2-8,11-12,14-16,25,30H,9-10H2,1H3,(H,31,33,35)/t25-/m1/s1. The van der Waals surface area contributed by atoms with E-state index in [0.29, 0.717) is 11.4 Å². The van der Waals surface area contributed by atoms with Crippen molar-refractivity contribution in [3.63, 3.8) is 0 Å². The molecule has 4 rings (SSSR count). The first-order chi connectivity index (χ1) is 16.9. The molecule has 0 fully saturated rings. The number of nitrogens with one attached hydrogen (secondary N) is 2. The Kier molecular flexibility index (Phi) is 7.24. The van der Waals surface area contributed by atoms with E-state index in [4.69, 9.17) is 5.26 Å². The van der Waals surface area contributed by atoms with E-state index in [0.717, 1.165) is 23.3 Å². The van der Waals surface area contributed by atoms with E-state index in [2.05, 4.69) is 20.7 Å². The van der Waals surface area contributed by atoms with Crippen LogP contribution >= 0.6 is 0 Å². The number of rotatable bonds is 8. The fourth-order valence-electron chi connectivity index (χ4n) is 3.66. The normalized spacial score (nSPS) is 11.6. The third kappa shape index (κ3) is 5.75. The van der Waals surface area contributed by atoms with Crippen molar-refractivity contribution in [2.45, 2.75) is 12.5 Å². The van der Waals surface area contributed by atoms with Gasteiger partial charge in [0.05, 0.1) is 17.8 Å². The quantitative estimate of drug-likeness (QED) is 0.402. The van der Waals surface area contributed by atoms with E-state index >= 15 is 0 Å². The van der Waals surface area contributed by atoms with Crippen molar-refractivity contribution in [2.75, 3.05) is 11.9 Å². The molecular weight excluding hydrogens is 450 g/mol. The molecule has 0 aliphatic heterocycles. The van der Waals surface area contributed by atoms with Crippen molar-refractivity contribution >= 4 is 11.7 Å². The summed E-state index contributed by atoms with van der Waals surface area (Å²) in [5.41, 5.74) is 2.23. The number of pyridine rings is 1. The largest absolute Gasteiger partial charge is 0.309 e. The number of hydrogen-bond acceptors (Lipinski definition) is 5. The van der Waals surface area contributed by atoms with Gasteiger partial charge in [0.2, 0.25) is 5.91 Å². The summed E-state index contributed by atoms with van der Waals surface area (Å²) < 4.78 is 30.2. The molecule has 9 heteroatoms. The summed E-state index contributed by atoms with van der Waals surface area (Å²) >= 11 is 0. The fraction of sp³-hybridized carbons (Fsp3) is 0.154. The Hall–Kier alpha value is -4.42. The number of carbonyl (C=O) groups is 1. The molecule has 0 bridgehead atoms. The summed E-state index contributed by atoms with van der Waals surface area (Å²) in [6.07, 6.45) is 5.24. The highest BCUT2D eigenvalue weighted by Crippen LogP contribution is 2.21. The Morgan fingerprint density at radius 2 is 1.83 bits per heavy atom. The lowest BCUT2D eigenvalue weighted by Gasteiger charge is -2.19. The summed E-state index contributed by atoms with van der Waals surface area (Å²) in [6.45, 7) is 0.125. The van der Waals surface area contributed by atoms with Crippen LogP contribution in [-0.4, -0.2) is 27.2 Å². The highest BCUT2D eigenvalue weighted by atomic mass is 19.1. The van der Waals surface area contributed by atoms with Gasteiger partial charge in [0.1, 0.15) is 23.5 Å². The van der Waals surface area contributed by atoms with Gasteiger partial charge in [0.25, 0.3) is 0 Å². The van der Waals surface area contributed by atoms with Crippen molar-refractivity contribution in [2.24, 2.45) is 7.05 Å². The van der Waals surface area contributed by atoms with E-state index in [1.54, 1.807) is 53.5 Å². The van der Waals surface area contributed by atoms with E-state index in [1.807, 2.05) is 25.4 Å². The van der Waals surface area contributed by atoms with Gasteiger partial charge in [-0.25, -0.2) is 13.8 Å². The number of anilines is 1. The Balaban J connectivity index is 1.46. The molecule has 2 N–H and O–H groups in total. The Morgan fingerprint density at radius 3 is 2.43 bits per heavy atom. The van der Waals surface area contributed by atoms with E-state index in [-0.39, 0.29) is 30.0 Å². The molecule has 4 aromatic rings. The molecule has 0 aliphatic rings. The van der Waals surface area contributed by atoms with Gasteiger partial charge in [-0.3, -0.25) is 9.48 Å². The average Bonchev–Trinajstić information content (AvgIpc) is 3.30. The molecule has 0 aliphatic carbocycles. The van der Waals surface area contributed by atoms with Crippen molar-refractivity contribution in [1.82, 2.24) is 20.1 Å². The summed E-state index contributed by atoms with van der Waals surface area (Å²) in [4.78, 5) is 17.4. The molecule has 0 radical (unpaired) electrons. The first kappa shape index (κ1) is 23.7. The smallest absolute Gasteiger partial charge is 0.247 e. The maximum Gasteiger partial charge on any atom is 0.247 e. The monoisotopic (exact) mass is 472 g/mol. The molecule has 7 nitrogen and oxygen atoms in total. The molecule has 1 atom stereocenters. The van der Waals surface area contributed by atoms with E-state index in [1.165, 1.54) is 0 Å². The number of amides is 1. The van der Waals surface area contributed by atoms with Crippen LogP contribution in [0.2, 0.25) is 0 Å². The third-order valence-corrected chi connectivity index (χ3v) is 5.44. The summed E-state index contributed by atoms with van der Waals surface area (Å²) in [5.74, 6) is -1.57. The van der Waals surface area contributed by atoms with Gasteiger partial charge in [-0.05, 0) is 36.2 Å². The molecule has 0 saturated heterocycles. The number of hydrogen-bond donors (Lipinski definition) is 2. The number of aryl methyl sites for hydroxylation is 1. The van der Waals surface area contributed by atoms with Crippen LogP contribution in [0, 0.1) is 23.0 Å². The van der Waals surface area contributed by atoms with Crippen molar-refractivity contribution in [3.05, 3.63) is 102 Å². The first-order valence-corrected chi connectivity index (χ1v) is 10.9. The van der Waals surface area contributed by atoms with Crippen LogP contribution in [0.1, 0.15) is 22.7 Å². The van der Waals surface area contributed by atoms with E-state index < -0.39 is 17.7 Å². The zero-order valence-electron chi connectivity index (χ0n) is 18.9. The Bertz CT molecular complexity index is 1340. The number of nitrogens with zero attached hydrogens (tertiary/aromatic N) is 4.